The van der Waals surface area contributed by atoms with Crippen LogP contribution in [-0.2, 0) is 14.6 Å². The van der Waals surface area contributed by atoms with E-state index in [4.69, 9.17) is 16.7 Å². The quantitative estimate of drug-likeness (QED) is 0.789. The Kier molecular flexibility index (Phi) is 6.64. The van der Waals surface area contributed by atoms with Gasteiger partial charge >= 0.3 is 5.97 Å². The Morgan fingerprint density at radius 3 is 2.38 bits per heavy atom. The molecule has 1 N–H and O–H groups in total. The minimum atomic E-state index is -3.39. The number of carbonyl (C=O) groups is 1. The number of nitrogens with zero attached hydrogens (tertiary/aromatic N) is 1. The monoisotopic (exact) mass is 333 g/mol. The summed E-state index contributed by atoms with van der Waals surface area (Å²) in [6, 6.07) is 6.04. The SMILES string of the molecule is CCN(CCS(=O)(=O)c1ccc(Cl)cc1)CC(C)C(=O)O. The molecule has 0 fully saturated rings. The van der Waals surface area contributed by atoms with Gasteiger partial charge in [-0.3, -0.25) is 4.79 Å². The van der Waals surface area contributed by atoms with E-state index in [0.717, 1.165) is 0 Å². The molecule has 0 amide bonds. The normalized spacial score (nSPS) is 13.3. The van der Waals surface area contributed by atoms with E-state index in [9.17, 15) is 13.2 Å². The summed E-state index contributed by atoms with van der Waals surface area (Å²) in [4.78, 5) is 12.9. The summed E-state index contributed by atoms with van der Waals surface area (Å²) in [6.45, 7) is 4.73. The Morgan fingerprint density at radius 2 is 1.90 bits per heavy atom. The van der Waals surface area contributed by atoms with Crippen molar-refractivity contribution in [2.24, 2.45) is 5.92 Å². The minimum Gasteiger partial charge on any atom is -0.481 e. The maximum absolute atomic E-state index is 12.2. The van der Waals surface area contributed by atoms with Gasteiger partial charge in [-0.15, -0.1) is 0 Å². The molecule has 0 bridgehead atoms. The molecule has 0 saturated heterocycles. The molecule has 7 heteroatoms. The molecule has 118 valence electrons. The van der Waals surface area contributed by atoms with Gasteiger partial charge in [0.15, 0.2) is 9.84 Å². The van der Waals surface area contributed by atoms with E-state index < -0.39 is 21.7 Å². The van der Waals surface area contributed by atoms with Crippen molar-refractivity contribution in [3.63, 3.8) is 0 Å². The molecule has 5 nitrogen and oxygen atoms in total. The third kappa shape index (κ3) is 5.65. The first-order valence-electron chi connectivity index (χ1n) is 6.69. The zero-order chi connectivity index (χ0) is 16.0. The summed E-state index contributed by atoms with van der Waals surface area (Å²) in [5, 5.41) is 9.39. The summed E-state index contributed by atoms with van der Waals surface area (Å²) < 4.78 is 24.4. The van der Waals surface area contributed by atoms with Crippen LogP contribution in [-0.4, -0.2) is 49.8 Å². The number of rotatable bonds is 8. The van der Waals surface area contributed by atoms with Gasteiger partial charge in [-0.2, -0.15) is 0 Å². The van der Waals surface area contributed by atoms with Gasteiger partial charge in [-0.05, 0) is 30.8 Å². The molecular formula is C14H20ClNO4S. The largest absolute Gasteiger partial charge is 0.481 e. The van der Waals surface area contributed by atoms with Crippen LogP contribution < -0.4 is 0 Å². The number of carboxylic acids is 1. The van der Waals surface area contributed by atoms with Crippen LogP contribution in [0.2, 0.25) is 5.02 Å². The van der Waals surface area contributed by atoms with Crippen molar-refractivity contribution in [3.05, 3.63) is 29.3 Å². The highest BCUT2D eigenvalue weighted by molar-refractivity contribution is 7.91. The first-order valence-corrected chi connectivity index (χ1v) is 8.72. The van der Waals surface area contributed by atoms with Crippen molar-refractivity contribution >= 4 is 27.4 Å². The van der Waals surface area contributed by atoms with Gasteiger partial charge in [0.2, 0.25) is 0 Å². The Labute approximate surface area is 130 Å². The van der Waals surface area contributed by atoms with E-state index in [1.807, 2.05) is 11.8 Å². The van der Waals surface area contributed by atoms with Gasteiger partial charge < -0.3 is 10.0 Å². The molecule has 0 aromatic heterocycles. The van der Waals surface area contributed by atoms with Crippen LogP contribution in [0.4, 0.5) is 0 Å². The topological polar surface area (TPSA) is 74.7 Å². The summed E-state index contributed by atoms with van der Waals surface area (Å²) in [5.41, 5.74) is 0. The molecule has 0 spiro atoms. The van der Waals surface area contributed by atoms with Crippen molar-refractivity contribution in [1.29, 1.82) is 0 Å². The smallest absolute Gasteiger partial charge is 0.307 e. The lowest BCUT2D eigenvalue weighted by Gasteiger charge is -2.22. The zero-order valence-electron chi connectivity index (χ0n) is 12.1. The fraction of sp³-hybridized carbons (Fsp3) is 0.500. The molecule has 0 saturated carbocycles. The maximum Gasteiger partial charge on any atom is 0.307 e. The number of hydrogen-bond acceptors (Lipinski definition) is 4. The Bertz CT molecular complexity index is 571. The van der Waals surface area contributed by atoms with Crippen LogP contribution in [0.3, 0.4) is 0 Å². The van der Waals surface area contributed by atoms with Gasteiger partial charge in [0.1, 0.15) is 0 Å². The Hall–Kier alpha value is -1.11. The summed E-state index contributed by atoms with van der Waals surface area (Å²) in [7, 11) is -3.39. The van der Waals surface area contributed by atoms with E-state index in [0.29, 0.717) is 24.7 Å². The van der Waals surface area contributed by atoms with Crippen molar-refractivity contribution in [2.45, 2.75) is 18.7 Å². The molecule has 0 heterocycles. The molecule has 1 unspecified atom stereocenters. The number of carboxylic acid groups (broad SMARTS) is 1. The highest BCUT2D eigenvalue weighted by atomic mass is 35.5. The van der Waals surface area contributed by atoms with Crippen LogP contribution in [0.5, 0.6) is 0 Å². The Balaban J connectivity index is 2.67. The van der Waals surface area contributed by atoms with Gasteiger partial charge in [0.05, 0.1) is 16.6 Å². The predicted octanol–water partition coefficient (Wildman–Crippen LogP) is 2.16. The number of hydrogen-bond donors (Lipinski definition) is 1. The fourth-order valence-corrected chi connectivity index (χ4v) is 3.26. The van der Waals surface area contributed by atoms with Crippen LogP contribution >= 0.6 is 11.6 Å². The van der Waals surface area contributed by atoms with Crippen molar-refractivity contribution in [3.8, 4) is 0 Å². The molecule has 0 aliphatic rings. The molecule has 1 rings (SSSR count). The molecule has 0 aliphatic carbocycles. The van der Waals surface area contributed by atoms with Crippen LogP contribution in [0.15, 0.2) is 29.2 Å². The van der Waals surface area contributed by atoms with Crippen molar-refractivity contribution < 1.29 is 18.3 Å². The third-order valence-electron chi connectivity index (χ3n) is 3.25. The standard InChI is InChI=1S/C14H20ClNO4S/c1-3-16(10-11(2)14(17)18)8-9-21(19,20)13-6-4-12(15)5-7-13/h4-7,11H,3,8-10H2,1-2H3,(H,17,18). The molecule has 0 aliphatic heterocycles. The van der Waals surface area contributed by atoms with Crippen LogP contribution in [0.25, 0.3) is 0 Å². The second-order valence-corrected chi connectivity index (χ2v) is 7.45. The van der Waals surface area contributed by atoms with Gasteiger partial charge in [-0.25, -0.2) is 8.42 Å². The van der Waals surface area contributed by atoms with E-state index in [1.165, 1.54) is 12.1 Å². The van der Waals surface area contributed by atoms with Crippen LogP contribution in [0.1, 0.15) is 13.8 Å². The first kappa shape index (κ1) is 17.9. The van der Waals surface area contributed by atoms with E-state index >= 15 is 0 Å². The molecule has 21 heavy (non-hydrogen) atoms. The number of halogens is 1. The summed E-state index contributed by atoms with van der Waals surface area (Å²) in [6.07, 6.45) is 0. The van der Waals surface area contributed by atoms with Gasteiger partial charge in [-0.1, -0.05) is 25.4 Å². The van der Waals surface area contributed by atoms with Gasteiger partial charge in [0.25, 0.3) is 0 Å². The molecule has 1 aromatic rings. The lowest BCUT2D eigenvalue weighted by molar-refractivity contribution is -0.141. The maximum atomic E-state index is 12.2. The number of benzene rings is 1. The first-order chi connectivity index (χ1) is 9.76. The van der Waals surface area contributed by atoms with Crippen LogP contribution in [0, 0.1) is 5.92 Å². The summed E-state index contributed by atoms with van der Waals surface area (Å²) in [5.74, 6) is -1.45. The third-order valence-corrected chi connectivity index (χ3v) is 5.21. The molecule has 1 aromatic carbocycles. The second kappa shape index (κ2) is 7.77. The fourth-order valence-electron chi connectivity index (χ4n) is 1.85. The second-order valence-electron chi connectivity index (χ2n) is 4.91. The average Bonchev–Trinajstić information content (AvgIpc) is 2.43. The van der Waals surface area contributed by atoms with Gasteiger partial charge in [0, 0.05) is 18.1 Å². The predicted molar refractivity (Wildman–Crippen MR) is 82.4 cm³/mol. The van der Waals surface area contributed by atoms with Crippen molar-refractivity contribution in [2.75, 3.05) is 25.4 Å². The highest BCUT2D eigenvalue weighted by Crippen LogP contribution is 2.15. The highest BCUT2D eigenvalue weighted by Gasteiger charge is 2.19. The lowest BCUT2D eigenvalue weighted by Crippen LogP contribution is -2.35. The Morgan fingerprint density at radius 1 is 1.33 bits per heavy atom. The lowest BCUT2D eigenvalue weighted by atomic mass is 10.2. The molecule has 1 atom stereocenters. The van der Waals surface area contributed by atoms with E-state index in [1.54, 1.807) is 19.1 Å². The number of sulfone groups is 1. The summed E-state index contributed by atoms with van der Waals surface area (Å²) >= 11 is 5.74. The average molecular weight is 334 g/mol. The van der Waals surface area contributed by atoms with E-state index in [2.05, 4.69) is 0 Å². The van der Waals surface area contributed by atoms with Crippen molar-refractivity contribution in [1.82, 2.24) is 4.90 Å². The number of aliphatic carboxylic acids is 1. The minimum absolute atomic E-state index is 0.0468. The molecule has 0 radical (unpaired) electrons. The molecular weight excluding hydrogens is 314 g/mol. The van der Waals surface area contributed by atoms with E-state index in [-0.39, 0.29) is 10.6 Å². The zero-order valence-corrected chi connectivity index (χ0v) is 13.7.